The molecular formula is C20H22N6O2. The largest absolute Gasteiger partial charge is 0.342 e. The van der Waals surface area contributed by atoms with Gasteiger partial charge in [-0.2, -0.15) is 0 Å². The minimum atomic E-state index is -0.409. The summed E-state index contributed by atoms with van der Waals surface area (Å²) >= 11 is 0. The Morgan fingerprint density at radius 2 is 1.89 bits per heavy atom. The van der Waals surface area contributed by atoms with Gasteiger partial charge in [-0.1, -0.05) is 41.6 Å². The molecule has 28 heavy (non-hydrogen) atoms. The second-order valence-electron chi connectivity index (χ2n) is 6.82. The molecule has 8 nitrogen and oxygen atoms in total. The van der Waals surface area contributed by atoms with Crippen molar-refractivity contribution in [1.29, 1.82) is 0 Å². The smallest absolute Gasteiger partial charge is 0.273 e. The van der Waals surface area contributed by atoms with Crippen LogP contribution in [0.2, 0.25) is 0 Å². The van der Waals surface area contributed by atoms with Crippen molar-refractivity contribution >= 4 is 28.3 Å². The van der Waals surface area contributed by atoms with Crippen LogP contribution in [0, 0.1) is 0 Å². The summed E-state index contributed by atoms with van der Waals surface area (Å²) < 4.78 is 1.74. The molecule has 0 spiro atoms. The normalized spacial score (nSPS) is 14.7. The van der Waals surface area contributed by atoms with Crippen molar-refractivity contribution in [2.45, 2.75) is 18.9 Å². The predicted molar refractivity (Wildman–Crippen MR) is 106 cm³/mol. The first-order valence-electron chi connectivity index (χ1n) is 9.39. The molecule has 2 aromatic carbocycles. The molecule has 3 N–H and O–H groups in total. The highest BCUT2D eigenvalue weighted by molar-refractivity contribution is 6.04. The van der Waals surface area contributed by atoms with Crippen LogP contribution in [0.5, 0.6) is 0 Å². The Labute approximate surface area is 162 Å². The van der Waals surface area contributed by atoms with Crippen molar-refractivity contribution < 1.29 is 9.59 Å². The maximum atomic E-state index is 12.3. The number of benzene rings is 2. The summed E-state index contributed by atoms with van der Waals surface area (Å²) in [7, 11) is 0. The van der Waals surface area contributed by atoms with Gasteiger partial charge >= 0.3 is 0 Å². The van der Waals surface area contributed by atoms with E-state index in [4.69, 9.17) is 0 Å². The van der Waals surface area contributed by atoms with E-state index in [1.807, 2.05) is 42.5 Å². The van der Waals surface area contributed by atoms with Crippen molar-refractivity contribution in [2.75, 3.05) is 25.0 Å². The van der Waals surface area contributed by atoms with Crippen molar-refractivity contribution in [1.82, 2.24) is 25.6 Å². The maximum absolute atomic E-state index is 12.3. The fourth-order valence-electron chi connectivity index (χ4n) is 3.41. The number of carbonyl (C=O) groups excluding carboxylic acids is 2. The van der Waals surface area contributed by atoms with E-state index in [-0.39, 0.29) is 24.2 Å². The molecule has 1 fully saturated rings. The number of fused-ring (bicyclic) bond motifs is 1. The summed E-state index contributed by atoms with van der Waals surface area (Å²) in [6.07, 6.45) is 3.56. The first-order valence-corrected chi connectivity index (χ1v) is 9.39. The molecule has 144 valence electrons. The zero-order chi connectivity index (χ0) is 19.3. The van der Waals surface area contributed by atoms with Gasteiger partial charge in [0.2, 0.25) is 5.91 Å². The van der Waals surface area contributed by atoms with E-state index in [0.29, 0.717) is 5.69 Å². The third-order valence-corrected chi connectivity index (χ3v) is 4.90. The molecular weight excluding hydrogens is 356 g/mol. The minimum Gasteiger partial charge on any atom is -0.342 e. The molecule has 0 aliphatic carbocycles. The summed E-state index contributed by atoms with van der Waals surface area (Å²) in [4.78, 5) is 24.6. The summed E-state index contributed by atoms with van der Waals surface area (Å²) in [6.45, 7) is 1.73. The molecule has 0 radical (unpaired) electrons. The highest BCUT2D eigenvalue weighted by Crippen LogP contribution is 2.22. The lowest BCUT2D eigenvalue weighted by molar-refractivity contribution is -0.115. The summed E-state index contributed by atoms with van der Waals surface area (Å²) in [5.41, 5.74) is 0.936. The van der Waals surface area contributed by atoms with Gasteiger partial charge in [0.25, 0.3) is 5.91 Å². The topological polar surface area (TPSA) is 101 Å². The Balaban J connectivity index is 1.34. The van der Waals surface area contributed by atoms with Gasteiger partial charge < -0.3 is 16.0 Å². The van der Waals surface area contributed by atoms with Gasteiger partial charge in [-0.3, -0.25) is 9.59 Å². The van der Waals surface area contributed by atoms with E-state index >= 15 is 0 Å². The van der Waals surface area contributed by atoms with E-state index in [1.54, 1.807) is 10.9 Å². The molecule has 8 heteroatoms. The van der Waals surface area contributed by atoms with Crippen LogP contribution in [0.15, 0.2) is 48.7 Å². The zero-order valence-electron chi connectivity index (χ0n) is 15.4. The van der Waals surface area contributed by atoms with E-state index < -0.39 is 5.91 Å². The predicted octanol–water partition coefficient (Wildman–Crippen LogP) is 1.72. The molecule has 1 aliphatic rings. The van der Waals surface area contributed by atoms with E-state index in [1.165, 1.54) is 0 Å². The van der Waals surface area contributed by atoms with Gasteiger partial charge in [0.05, 0.1) is 18.8 Å². The molecule has 4 rings (SSSR count). The van der Waals surface area contributed by atoms with Gasteiger partial charge in [-0.25, -0.2) is 4.68 Å². The van der Waals surface area contributed by atoms with Gasteiger partial charge in [0.1, 0.15) is 0 Å². The van der Waals surface area contributed by atoms with Gasteiger partial charge in [-0.15, -0.1) is 5.10 Å². The molecule has 0 bridgehead atoms. The molecule has 2 heterocycles. The molecule has 1 aromatic heterocycles. The van der Waals surface area contributed by atoms with Crippen LogP contribution >= 0.6 is 0 Å². The summed E-state index contributed by atoms with van der Waals surface area (Å²) in [5.74, 6) is -0.705. The van der Waals surface area contributed by atoms with Gasteiger partial charge in [0.15, 0.2) is 5.69 Å². The lowest BCUT2D eigenvalue weighted by Crippen LogP contribution is -2.33. The zero-order valence-corrected chi connectivity index (χ0v) is 15.4. The van der Waals surface area contributed by atoms with E-state index in [9.17, 15) is 9.59 Å². The number of carbonyl (C=O) groups is 2. The number of hydrogen-bond donors (Lipinski definition) is 3. The molecule has 2 amide bonds. The number of piperidine rings is 1. The second kappa shape index (κ2) is 8.18. The van der Waals surface area contributed by atoms with Crippen LogP contribution in [0.4, 0.5) is 5.69 Å². The Morgan fingerprint density at radius 3 is 2.75 bits per heavy atom. The number of anilines is 1. The third-order valence-electron chi connectivity index (χ3n) is 4.90. The number of aromatic nitrogens is 3. The first-order chi connectivity index (χ1) is 13.7. The lowest BCUT2D eigenvalue weighted by atomic mass is 10.1. The van der Waals surface area contributed by atoms with Crippen LogP contribution in [0.3, 0.4) is 0 Å². The number of nitrogens with zero attached hydrogens (tertiary/aromatic N) is 3. The molecule has 0 atom stereocenters. The molecule has 0 saturated carbocycles. The van der Waals surface area contributed by atoms with Crippen LogP contribution < -0.4 is 16.0 Å². The fraction of sp³-hybridized carbons (Fsp3) is 0.300. The highest BCUT2D eigenvalue weighted by atomic mass is 16.2. The SMILES string of the molecule is O=C(CNC(=O)c1cn(C2CCNCC2)nn1)Nc1cccc2ccccc12. The first kappa shape index (κ1) is 18.1. The standard InChI is InChI=1S/C20H22N6O2/c27-19(23-17-7-3-5-14-4-1-2-6-16(14)17)12-22-20(28)18-13-26(25-24-18)15-8-10-21-11-9-15/h1-7,13,15,21H,8-12H2,(H,22,28)(H,23,27). The Kier molecular flexibility index (Phi) is 5.29. The van der Waals surface area contributed by atoms with Crippen LogP contribution in [0.25, 0.3) is 10.8 Å². The monoisotopic (exact) mass is 378 g/mol. The number of amides is 2. The van der Waals surface area contributed by atoms with Crippen LogP contribution in [-0.4, -0.2) is 46.4 Å². The molecule has 0 unspecified atom stereocenters. The second-order valence-corrected chi connectivity index (χ2v) is 6.82. The summed E-state index contributed by atoms with van der Waals surface area (Å²) in [5, 5.41) is 18.7. The van der Waals surface area contributed by atoms with Crippen molar-refractivity contribution in [3.63, 3.8) is 0 Å². The van der Waals surface area contributed by atoms with Crippen molar-refractivity contribution in [3.8, 4) is 0 Å². The number of nitrogens with one attached hydrogen (secondary N) is 3. The highest BCUT2D eigenvalue weighted by Gasteiger charge is 2.19. The molecule has 1 aliphatic heterocycles. The maximum Gasteiger partial charge on any atom is 0.273 e. The van der Waals surface area contributed by atoms with E-state index in [2.05, 4.69) is 26.3 Å². The van der Waals surface area contributed by atoms with Crippen molar-refractivity contribution in [3.05, 3.63) is 54.4 Å². The lowest BCUT2D eigenvalue weighted by Gasteiger charge is -2.22. The average molecular weight is 378 g/mol. The molecule has 1 saturated heterocycles. The Morgan fingerprint density at radius 1 is 1.11 bits per heavy atom. The summed E-state index contributed by atoms with van der Waals surface area (Å²) in [6, 6.07) is 13.8. The van der Waals surface area contributed by atoms with Crippen molar-refractivity contribution in [2.24, 2.45) is 0 Å². The molecule has 3 aromatic rings. The van der Waals surface area contributed by atoms with E-state index in [0.717, 1.165) is 36.7 Å². The number of rotatable bonds is 5. The minimum absolute atomic E-state index is 0.137. The third kappa shape index (κ3) is 4.01. The quantitative estimate of drug-likeness (QED) is 0.628. The van der Waals surface area contributed by atoms with Gasteiger partial charge in [-0.05, 0) is 37.4 Å². The number of hydrogen-bond acceptors (Lipinski definition) is 5. The van der Waals surface area contributed by atoms with Crippen LogP contribution in [0.1, 0.15) is 29.4 Å². The van der Waals surface area contributed by atoms with Crippen LogP contribution in [-0.2, 0) is 4.79 Å². The van der Waals surface area contributed by atoms with Gasteiger partial charge in [0, 0.05) is 11.1 Å². The Hall–Kier alpha value is -3.26. The Bertz CT molecular complexity index is 988. The fourth-order valence-corrected chi connectivity index (χ4v) is 3.41. The average Bonchev–Trinajstić information content (AvgIpc) is 3.23.